The molecule has 1 rings (SSSR count). The molecule has 1 aromatic rings. The molecule has 0 aliphatic heterocycles. The van der Waals surface area contributed by atoms with Gasteiger partial charge in [0, 0.05) is 20.6 Å². The topological polar surface area (TPSA) is 95.9 Å². The van der Waals surface area contributed by atoms with Crippen LogP contribution in [0.1, 0.15) is 5.56 Å². The van der Waals surface area contributed by atoms with Gasteiger partial charge in [0.05, 0.1) is 11.5 Å². The largest absolute Gasteiger partial charge is 0.484 e. The van der Waals surface area contributed by atoms with Gasteiger partial charge in [-0.15, -0.1) is 0 Å². The molecule has 0 aliphatic carbocycles. The van der Waals surface area contributed by atoms with E-state index >= 15 is 0 Å². The zero-order chi connectivity index (χ0) is 16.0. The van der Waals surface area contributed by atoms with E-state index in [2.05, 4.69) is 5.32 Å². The highest BCUT2D eigenvalue weighted by atomic mass is 32.2. The molecule has 1 amide bonds. The van der Waals surface area contributed by atoms with Gasteiger partial charge in [-0.05, 0) is 30.7 Å². The summed E-state index contributed by atoms with van der Waals surface area (Å²) >= 11 is 0. The van der Waals surface area contributed by atoms with Gasteiger partial charge in [0.15, 0.2) is 6.61 Å². The van der Waals surface area contributed by atoms with Gasteiger partial charge in [-0.2, -0.15) is 4.31 Å². The molecule has 0 saturated heterocycles. The highest BCUT2D eigenvalue weighted by Gasteiger charge is 2.21. The zero-order valence-corrected chi connectivity index (χ0v) is 13.1. The number of sulfonamides is 1. The number of benzene rings is 1. The van der Waals surface area contributed by atoms with Gasteiger partial charge >= 0.3 is 0 Å². The summed E-state index contributed by atoms with van der Waals surface area (Å²) in [4.78, 5) is 11.2. The van der Waals surface area contributed by atoms with Gasteiger partial charge in [0.25, 0.3) is 5.91 Å². The summed E-state index contributed by atoms with van der Waals surface area (Å²) in [5.41, 5.74) is 0.609. The lowest BCUT2D eigenvalue weighted by Crippen LogP contribution is -2.29. The van der Waals surface area contributed by atoms with Crippen LogP contribution in [0.2, 0.25) is 0 Å². The predicted molar refractivity (Wildman–Crippen MR) is 77.6 cm³/mol. The van der Waals surface area contributed by atoms with Crippen molar-refractivity contribution in [3.8, 4) is 5.75 Å². The van der Waals surface area contributed by atoms with E-state index in [-0.39, 0.29) is 30.6 Å². The van der Waals surface area contributed by atoms with E-state index in [1.54, 1.807) is 6.92 Å². The van der Waals surface area contributed by atoms with E-state index in [1.165, 1.54) is 32.3 Å². The van der Waals surface area contributed by atoms with Crippen LogP contribution in [-0.2, 0) is 14.8 Å². The lowest BCUT2D eigenvalue weighted by atomic mass is 10.2. The van der Waals surface area contributed by atoms with E-state index in [0.29, 0.717) is 11.3 Å². The summed E-state index contributed by atoms with van der Waals surface area (Å²) in [5, 5.41) is 11.3. The first kappa shape index (κ1) is 17.4. The van der Waals surface area contributed by atoms with Crippen LogP contribution in [0.15, 0.2) is 23.1 Å². The molecule has 0 spiro atoms. The third-order valence-electron chi connectivity index (χ3n) is 2.91. The van der Waals surface area contributed by atoms with Crippen LogP contribution >= 0.6 is 0 Å². The molecule has 21 heavy (non-hydrogen) atoms. The van der Waals surface area contributed by atoms with Crippen LogP contribution in [0.25, 0.3) is 0 Å². The predicted octanol–water partition coefficient (Wildman–Crippen LogP) is -0.267. The van der Waals surface area contributed by atoms with Gasteiger partial charge in [-0.1, -0.05) is 0 Å². The second-order valence-electron chi connectivity index (χ2n) is 4.44. The average Bonchev–Trinajstić information content (AvgIpc) is 2.45. The number of amides is 1. The summed E-state index contributed by atoms with van der Waals surface area (Å²) in [5.74, 6) is 0.177. The maximum atomic E-state index is 12.2. The van der Waals surface area contributed by atoms with E-state index in [1.807, 2.05) is 0 Å². The second kappa shape index (κ2) is 7.39. The number of carbonyl (C=O) groups is 1. The smallest absolute Gasteiger partial charge is 0.257 e. The fraction of sp³-hybridized carbons (Fsp3) is 0.462. The van der Waals surface area contributed by atoms with E-state index in [0.717, 1.165) is 4.31 Å². The van der Waals surface area contributed by atoms with Gasteiger partial charge in [0.2, 0.25) is 10.0 Å². The number of nitrogens with zero attached hydrogens (tertiary/aromatic N) is 1. The van der Waals surface area contributed by atoms with Crippen LogP contribution in [0.3, 0.4) is 0 Å². The molecule has 0 atom stereocenters. The van der Waals surface area contributed by atoms with Gasteiger partial charge < -0.3 is 15.2 Å². The highest BCUT2D eigenvalue weighted by molar-refractivity contribution is 7.89. The standard InChI is InChI=1S/C13H20N2O5S/c1-10-8-11(21(18,19)15(3)6-7-16)4-5-12(10)20-9-13(17)14-2/h4-5,8,16H,6-7,9H2,1-3H3,(H,14,17). The molecule has 118 valence electrons. The molecule has 0 heterocycles. The Hall–Kier alpha value is -1.64. The first-order valence-corrected chi connectivity index (χ1v) is 7.78. The number of likely N-dealkylation sites (N-methyl/N-ethyl adjacent to an activating group) is 2. The quantitative estimate of drug-likeness (QED) is 0.722. The van der Waals surface area contributed by atoms with Crippen molar-refractivity contribution in [1.82, 2.24) is 9.62 Å². The Morgan fingerprint density at radius 1 is 1.43 bits per heavy atom. The van der Waals surface area contributed by atoms with Crippen molar-refractivity contribution in [3.63, 3.8) is 0 Å². The number of hydrogen-bond acceptors (Lipinski definition) is 5. The van der Waals surface area contributed by atoms with E-state index in [9.17, 15) is 13.2 Å². The zero-order valence-electron chi connectivity index (χ0n) is 12.3. The summed E-state index contributed by atoms with van der Waals surface area (Å²) in [7, 11) is -0.733. The van der Waals surface area contributed by atoms with Crippen molar-refractivity contribution in [3.05, 3.63) is 23.8 Å². The number of aryl methyl sites for hydroxylation is 1. The number of aliphatic hydroxyl groups excluding tert-OH is 1. The van der Waals surface area contributed by atoms with Crippen molar-refractivity contribution in [1.29, 1.82) is 0 Å². The maximum Gasteiger partial charge on any atom is 0.257 e. The van der Waals surface area contributed by atoms with Crippen LogP contribution in [0.5, 0.6) is 5.75 Å². The minimum Gasteiger partial charge on any atom is -0.484 e. The molecule has 8 heteroatoms. The third kappa shape index (κ3) is 4.42. The van der Waals surface area contributed by atoms with Crippen molar-refractivity contribution < 1.29 is 23.1 Å². The van der Waals surface area contributed by atoms with Gasteiger partial charge in [-0.25, -0.2) is 8.42 Å². The van der Waals surface area contributed by atoms with E-state index in [4.69, 9.17) is 9.84 Å². The SMILES string of the molecule is CNC(=O)COc1ccc(S(=O)(=O)N(C)CCO)cc1C. The van der Waals surface area contributed by atoms with E-state index < -0.39 is 10.0 Å². The first-order valence-electron chi connectivity index (χ1n) is 6.34. The second-order valence-corrected chi connectivity index (χ2v) is 6.48. The van der Waals surface area contributed by atoms with Crippen LogP contribution < -0.4 is 10.1 Å². The number of aliphatic hydroxyl groups is 1. The Labute approximate surface area is 124 Å². The van der Waals surface area contributed by atoms with Crippen molar-refractivity contribution >= 4 is 15.9 Å². The highest BCUT2D eigenvalue weighted by Crippen LogP contribution is 2.23. The minimum absolute atomic E-state index is 0.0241. The summed E-state index contributed by atoms with van der Waals surface area (Å²) in [6.45, 7) is 1.34. The molecule has 1 aromatic carbocycles. The molecule has 0 aromatic heterocycles. The Balaban J connectivity index is 2.94. The third-order valence-corrected chi connectivity index (χ3v) is 4.76. The number of hydrogen-bond donors (Lipinski definition) is 2. The monoisotopic (exact) mass is 316 g/mol. The van der Waals surface area contributed by atoms with Crippen molar-refractivity contribution in [2.75, 3.05) is 33.9 Å². The summed E-state index contributed by atoms with van der Waals surface area (Å²) < 4.78 is 30.8. The number of nitrogens with one attached hydrogen (secondary N) is 1. The number of carbonyl (C=O) groups excluding carboxylic acids is 1. The average molecular weight is 316 g/mol. The Morgan fingerprint density at radius 2 is 2.10 bits per heavy atom. The molecular weight excluding hydrogens is 296 g/mol. The maximum absolute atomic E-state index is 12.2. The molecular formula is C13H20N2O5S. The molecule has 7 nitrogen and oxygen atoms in total. The van der Waals surface area contributed by atoms with Crippen molar-refractivity contribution in [2.45, 2.75) is 11.8 Å². The molecule has 0 aliphatic rings. The Bertz CT molecular complexity index is 601. The number of ether oxygens (including phenoxy) is 1. The van der Waals surface area contributed by atoms with Gasteiger partial charge in [-0.3, -0.25) is 4.79 Å². The lowest BCUT2D eigenvalue weighted by Gasteiger charge is -2.17. The van der Waals surface area contributed by atoms with Gasteiger partial charge in [0.1, 0.15) is 5.75 Å². The first-order chi connectivity index (χ1) is 9.82. The lowest BCUT2D eigenvalue weighted by molar-refractivity contribution is -0.122. The normalized spacial score (nSPS) is 11.5. The summed E-state index contributed by atoms with van der Waals surface area (Å²) in [6, 6.07) is 4.40. The number of rotatable bonds is 7. The minimum atomic E-state index is -3.64. The van der Waals surface area contributed by atoms with Crippen molar-refractivity contribution in [2.24, 2.45) is 0 Å². The van der Waals surface area contributed by atoms with Crippen LogP contribution in [0, 0.1) is 6.92 Å². The fourth-order valence-electron chi connectivity index (χ4n) is 1.60. The Kier molecular flexibility index (Phi) is 6.13. The molecule has 0 fully saturated rings. The summed E-state index contributed by atoms with van der Waals surface area (Å²) in [6.07, 6.45) is 0. The Morgan fingerprint density at radius 3 is 2.62 bits per heavy atom. The van der Waals surface area contributed by atoms with Crippen LogP contribution in [-0.4, -0.2) is 57.6 Å². The molecule has 0 saturated carbocycles. The fourth-order valence-corrected chi connectivity index (χ4v) is 2.85. The van der Waals surface area contributed by atoms with Crippen LogP contribution in [0.4, 0.5) is 0 Å². The molecule has 2 N–H and O–H groups in total. The molecule has 0 unspecified atom stereocenters. The molecule has 0 radical (unpaired) electrons. The molecule has 0 bridgehead atoms.